The van der Waals surface area contributed by atoms with Crippen LogP contribution in [0.4, 0.5) is 0 Å². The van der Waals surface area contributed by atoms with E-state index in [0.29, 0.717) is 18.4 Å². The number of Topliss-reactive ketones (excluding diaryl/α,β-unsaturated/α-hetero) is 3. The number of hydrogen-bond donors (Lipinski definition) is 1. The van der Waals surface area contributed by atoms with Gasteiger partial charge in [-0.2, -0.15) is 0 Å². The van der Waals surface area contributed by atoms with E-state index in [0.717, 1.165) is 5.57 Å². The third-order valence-electron chi connectivity index (χ3n) is 7.25. The summed E-state index contributed by atoms with van der Waals surface area (Å²) in [6.45, 7) is 11.8. The maximum Gasteiger partial charge on any atom is 0.184 e. The normalized spacial score (nSPS) is 28.2. The molecule has 2 aliphatic carbocycles. The Morgan fingerprint density at radius 3 is 2.16 bits per heavy atom. The maximum absolute atomic E-state index is 13.9. The van der Waals surface area contributed by atoms with Gasteiger partial charge in [0.1, 0.15) is 11.3 Å². The number of ketones is 3. The molecule has 2 aliphatic rings. The van der Waals surface area contributed by atoms with Crippen LogP contribution in [0.2, 0.25) is 0 Å². The van der Waals surface area contributed by atoms with Crippen molar-refractivity contribution in [2.24, 2.45) is 22.7 Å². The molecule has 4 nitrogen and oxygen atoms in total. The molecular weight excluding hydrogens is 400 g/mol. The van der Waals surface area contributed by atoms with E-state index < -0.39 is 28.3 Å². The molecule has 4 heteroatoms. The van der Waals surface area contributed by atoms with Gasteiger partial charge in [-0.1, -0.05) is 67.5 Å². The minimum absolute atomic E-state index is 0.000944. The fourth-order valence-corrected chi connectivity index (χ4v) is 5.18. The quantitative estimate of drug-likeness (QED) is 0.202. The van der Waals surface area contributed by atoms with E-state index in [1.165, 1.54) is 5.57 Å². The Labute approximate surface area is 191 Å². The fourth-order valence-electron chi connectivity index (χ4n) is 5.18. The summed E-state index contributed by atoms with van der Waals surface area (Å²) >= 11 is 0. The second kappa shape index (κ2) is 8.65. The number of hydrogen-bond acceptors (Lipinski definition) is 4. The van der Waals surface area contributed by atoms with Crippen molar-refractivity contribution < 1.29 is 19.5 Å². The van der Waals surface area contributed by atoms with E-state index in [-0.39, 0.29) is 29.5 Å². The Kier molecular flexibility index (Phi) is 6.46. The highest BCUT2D eigenvalue weighted by molar-refractivity contribution is 6.39. The zero-order chi connectivity index (χ0) is 23.8. The van der Waals surface area contributed by atoms with Crippen LogP contribution in [0.5, 0.6) is 0 Å². The molecule has 0 amide bonds. The third-order valence-corrected chi connectivity index (χ3v) is 7.25. The third kappa shape index (κ3) is 3.92. The van der Waals surface area contributed by atoms with Gasteiger partial charge in [-0.05, 0) is 58.3 Å². The van der Waals surface area contributed by atoms with E-state index in [2.05, 4.69) is 6.08 Å². The van der Waals surface area contributed by atoms with Crippen molar-refractivity contribution in [3.8, 4) is 0 Å². The van der Waals surface area contributed by atoms with Gasteiger partial charge in [0.05, 0.1) is 11.3 Å². The number of aliphatic hydroxyl groups is 1. The topological polar surface area (TPSA) is 71.4 Å². The van der Waals surface area contributed by atoms with Crippen LogP contribution in [-0.2, 0) is 14.4 Å². The molecule has 0 spiro atoms. The van der Waals surface area contributed by atoms with Crippen molar-refractivity contribution in [3.63, 3.8) is 0 Å². The highest BCUT2D eigenvalue weighted by atomic mass is 16.3. The molecule has 0 aromatic heterocycles. The molecule has 1 N–H and O–H groups in total. The van der Waals surface area contributed by atoms with Crippen LogP contribution in [0.15, 0.2) is 59.2 Å². The molecule has 2 fully saturated rings. The first-order valence-corrected chi connectivity index (χ1v) is 11.3. The SMILES string of the molecule is CC(C)=CC[C@@H]1C[C@@]2(CC=C(C)C)C(=O)C(=C(O)c3ccccc3)C(=O)[C@H](C2=O)C1(C)C. The lowest BCUT2D eigenvalue weighted by atomic mass is 9.46. The minimum Gasteiger partial charge on any atom is -0.506 e. The summed E-state index contributed by atoms with van der Waals surface area (Å²) < 4.78 is 0. The number of rotatable bonds is 5. The molecule has 0 aliphatic heterocycles. The number of carbonyl (C=O) groups is 3. The van der Waals surface area contributed by atoms with Gasteiger partial charge in [0.2, 0.25) is 0 Å². The summed E-state index contributed by atoms with van der Waals surface area (Å²) in [7, 11) is 0. The van der Waals surface area contributed by atoms with Crippen molar-refractivity contribution in [2.75, 3.05) is 0 Å². The molecule has 0 heterocycles. The van der Waals surface area contributed by atoms with Gasteiger partial charge >= 0.3 is 0 Å². The molecule has 3 rings (SSSR count). The molecule has 3 atom stereocenters. The second-order valence-corrected chi connectivity index (χ2v) is 10.4. The summed E-state index contributed by atoms with van der Waals surface area (Å²) in [5, 5.41) is 11.0. The van der Waals surface area contributed by atoms with Crippen molar-refractivity contribution in [1.29, 1.82) is 0 Å². The van der Waals surface area contributed by atoms with E-state index in [4.69, 9.17) is 0 Å². The zero-order valence-corrected chi connectivity index (χ0v) is 20.0. The van der Waals surface area contributed by atoms with Gasteiger partial charge in [0.25, 0.3) is 0 Å². The molecule has 1 aromatic rings. The van der Waals surface area contributed by atoms with Gasteiger partial charge in [-0.3, -0.25) is 14.4 Å². The van der Waals surface area contributed by atoms with E-state index in [1.807, 2.05) is 47.6 Å². The number of aliphatic hydroxyl groups excluding tert-OH is 1. The van der Waals surface area contributed by atoms with Crippen molar-refractivity contribution in [1.82, 2.24) is 0 Å². The average Bonchev–Trinajstić information content (AvgIpc) is 2.72. The summed E-state index contributed by atoms with van der Waals surface area (Å²) in [6, 6.07) is 8.63. The van der Waals surface area contributed by atoms with E-state index in [9.17, 15) is 19.5 Å². The zero-order valence-electron chi connectivity index (χ0n) is 20.0. The van der Waals surface area contributed by atoms with E-state index >= 15 is 0 Å². The summed E-state index contributed by atoms with van der Waals surface area (Å²) in [6.07, 6.45) is 5.38. The monoisotopic (exact) mass is 434 g/mol. The molecule has 32 heavy (non-hydrogen) atoms. The summed E-state index contributed by atoms with van der Waals surface area (Å²) in [5.74, 6) is -2.62. The molecule has 170 valence electrons. The van der Waals surface area contributed by atoms with Crippen LogP contribution >= 0.6 is 0 Å². The van der Waals surface area contributed by atoms with Gasteiger partial charge in [-0.25, -0.2) is 0 Å². The lowest BCUT2D eigenvalue weighted by Crippen LogP contribution is -2.62. The van der Waals surface area contributed by atoms with Crippen LogP contribution in [0.3, 0.4) is 0 Å². The highest BCUT2D eigenvalue weighted by Crippen LogP contribution is 2.58. The first kappa shape index (κ1) is 23.9. The minimum atomic E-state index is -1.32. The van der Waals surface area contributed by atoms with Crippen LogP contribution in [0.25, 0.3) is 5.76 Å². The highest BCUT2D eigenvalue weighted by Gasteiger charge is 2.66. The van der Waals surface area contributed by atoms with Crippen LogP contribution in [0.1, 0.15) is 66.4 Å². The number of benzene rings is 1. The number of carbonyl (C=O) groups excluding carboxylic acids is 3. The molecule has 0 radical (unpaired) electrons. The second-order valence-electron chi connectivity index (χ2n) is 10.4. The fraction of sp³-hybridized carbons (Fsp3) is 0.464. The molecule has 1 aromatic carbocycles. The number of allylic oxidation sites excluding steroid dienone is 5. The Morgan fingerprint density at radius 2 is 1.59 bits per heavy atom. The van der Waals surface area contributed by atoms with Gasteiger partial charge in [0.15, 0.2) is 17.3 Å². The largest absolute Gasteiger partial charge is 0.506 e. The molecular formula is C28H34O4. The van der Waals surface area contributed by atoms with Crippen LogP contribution in [0, 0.1) is 22.7 Å². The lowest BCUT2D eigenvalue weighted by Gasteiger charge is -2.53. The molecule has 0 unspecified atom stereocenters. The average molecular weight is 435 g/mol. The first-order chi connectivity index (χ1) is 14.9. The Balaban J connectivity index is 2.24. The predicted molar refractivity (Wildman–Crippen MR) is 127 cm³/mol. The lowest BCUT2D eigenvalue weighted by molar-refractivity contribution is -0.162. The molecule has 2 bridgehead atoms. The van der Waals surface area contributed by atoms with Crippen LogP contribution in [-0.4, -0.2) is 22.5 Å². The van der Waals surface area contributed by atoms with E-state index in [1.54, 1.807) is 30.3 Å². The van der Waals surface area contributed by atoms with Gasteiger partial charge < -0.3 is 5.11 Å². The number of fused-ring (bicyclic) bond motifs is 2. The Morgan fingerprint density at radius 1 is 1.00 bits per heavy atom. The predicted octanol–water partition coefficient (Wildman–Crippen LogP) is 6.04. The summed E-state index contributed by atoms with van der Waals surface area (Å²) in [5.41, 5.74) is 0.434. The van der Waals surface area contributed by atoms with Gasteiger partial charge in [0, 0.05) is 5.56 Å². The van der Waals surface area contributed by atoms with Crippen molar-refractivity contribution in [3.05, 3.63) is 64.8 Å². The summed E-state index contributed by atoms with van der Waals surface area (Å²) in [4.78, 5) is 41.3. The Hall–Kier alpha value is -2.75. The smallest absolute Gasteiger partial charge is 0.184 e. The molecule has 2 saturated carbocycles. The van der Waals surface area contributed by atoms with Crippen molar-refractivity contribution >= 4 is 23.1 Å². The Bertz CT molecular complexity index is 1030. The van der Waals surface area contributed by atoms with Gasteiger partial charge in [-0.15, -0.1) is 0 Å². The standard InChI is InChI=1S/C28H34O4/c1-17(2)12-13-20-16-28(15-14-18(3)4)25(31)21(23(29)19-10-8-7-9-11-19)24(30)22(26(28)32)27(20,5)6/h7-12,14,20,22,29H,13,15-16H2,1-6H3/t20-,22-,28+/m1/s1. The maximum atomic E-state index is 13.9. The molecule has 0 saturated heterocycles. The van der Waals surface area contributed by atoms with Crippen molar-refractivity contribution in [2.45, 2.75) is 60.8 Å². The van der Waals surface area contributed by atoms with Crippen LogP contribution < -0.4 is 0 Å². The first-order valence-electron chi connectivity index (χ1n) is 11.3.